The molecule has 0 saturated heterocycles. The largest absolute Gasteiger partial charge is 0.465 e. The second-order valence-corrected chi connectivity index (χ2v) is 8.60. The van der Waals surface area contributed by atoms with Crippen LogP contribution in [0, 0.1) is 6.92 Å². The maximum Gasteiger partial charge on any atom is 0.337 e. The maximum absolute atomic E-state index is 13.4. The molecule has 2 heterocycles. The van der Waals surface area contributed by atoms with E-state index >= 15 is 0 Å². The van der Waals surface area contributed by atoms with E-state index in [-0.39, 0.29) is 15.5 Å². The molecule has 9 nitrogen and oxygen atoms in total. The van der Waals surface area contributed by atoms with Gasteiger partial charge >= 0.3 is 5.97 Å². The van der Waals surface area contributed by atoms with E-state index in [0.717, 1.165) is 21.3 Å². The minimum atomic E-state index is -0.601. The van der Waals surface area contributed by atoms with Gasteiger partial charge in [0.15, 0.2) is 4.96 Å². The van der Waals surface area contributed by atoms with Crippen LogP contribution in [0.5, 0.6) is 0 Å². The molecule has 4 rings (SSSR count). The number of benzene rings is 2. The lowest BCUT2D eigenvalue weighted by molar-refractivity contribution is 0.0600. The van der Waals surface area contributed by atoms with Crippen LogP contribution in [0.15, 0.2) is 59.4 Å². The Kier molecular flexibility index (Phi) is 6.74. The zero-order valence-corrected chi connectivity index (χ0v) is 20.1. The third-order valence-electron chi connectivity index (χ3n) is 5.28. The molecular formula is C25H22N4O5S. The Morgan fingerprint density at radius 1 is 1.03 bits per heavy atom. The van der Waals surface area contributed by atoms with Crippen LogP contribution in [0.25, 0.3) is 4.96 Å². The van der Waals surface area contributed by atoms with Gasteiger partial charge in [-0.25, -0.2) is 14.2 Å². The molecule has 35 heavy (non-hydrogen) atoms. The molecule has 10 heteroatoms. The Labute approximate surface area is 204 Å². The van der Waals surface area contributed by atoms with Crippen LogP contribution in [-0.4, -0.2) is 34.3 Å². The van der Waals surface area contributed by atoms with E-state index in [9.17, 15) is 19.2 Å². The summed E-state index contributed by atoms with van der Waals surface area (Å²) in [7, 11) is 1.28. The Morgan fingerprint density at radius 3 is 2.43 bits per heavy atom. The first-order valence-corrected chi connectivity index (χ1v) is 11.6. The molecule has 2 aromatic heterocycles. The van der Waals surface area contributed by atoms with Crippen molar-refractivity contribution in [3.63, 3.8) is 0 Å². The molecule has 0 radical (unpaired) electrons. The van der Waals surface area contributed by atoms with E-state index in [2.05, 4.69) is 20.4 Å². The SMILES string of the molecule is CCc1ccccc1NC(=O)c1c(C(=O)Nc2ccc(C(=O)OC)cc2)sc2nc(C)cc(=O)n12. The Bertz CT molecular complexity index is 1500. The molecule has 0 atom stereocenters. The number of thiazole rings is 1. The lowest BCUT2D eigenvalue weighted by atomic mass is 10.1. The summed E-state index contributed by atoms with van der Waals surface area (Å²) in [5, 5.41) is 5.55. The fourth-order valence-electron chi connectivity index (χ4n) is 3.57. The van der Waals surface area contributed by atoms with Crippen molar-refractivity contribution < 1.29 is 19.1 Å². The number of hydrogen-bond donors (Lipinski definition) is 2. The highest BCUT2D eigenvalue weighted by molar-refractivity contribution is 7.19. The molecule has 0 saturated carbocycles. The molecular weight excluding hydrogens is 468 g/mol. The molecule has 2 amide bonds. The first kappa shape index (κ1) is 23.8. The number of carbonyl (C=O) groups excluding carboxylic acids is 3. The van der Waals surface area contributed by atoms with Gasteiger partial charge in [0.05, 0.1) is 12.7 Å². The number of amides is 2. The predicted molar refractivity (Wildman–Crippen MR) is 134 cm³/mol. The first-order valence-electron chi connectivity index (χ1n) is 10.7. The molecule has 0 fully saturated rings. The van der Waals surface area contributed by atoms with E-state index in [1.54, 1.807) is 31.2 Å². The summed E-state index contributed by atoms with van der Waals surface area (Å²) >= 11 is 0.945. The quantitative estimate of drug-likeness (QED) is 0.396. The van der Waals surface area contributed by atoms with E-state index in [4.69, 9.17) is 0 Å². The van der Waals surface area contributed by atoms with Crippen molar-refractivity contribution in [1.82, 2.24) is 9.38 Å². The van der Waals surface area contributed by atoms with E-state index in [0.29, 0.717) is 29.1 Å². The van der Waals surface area contributed by atoms with Crippen LogP contribution in [-0.2, 0) is 11.2 Å². The summed E-state index contributed by atoms with van der Waals surface area (Å²) in [6.07, 6.45) is 0.691. The Hall–Kier alpha value is -4.31. The molecule has 0 bridgehead atoms. The van der Waals surface area contributed by atoms with Gasteiger partial charge in [-0.3, -0.25) is 14.4 Å². The molecule has 2 aromatic carbocycles. The summed E-state index contributed by atoms with van der Waals surface area (Å²) in [5.74, 6) is -1.69. The van der Waals surface area contributed by atoms with Gasteiger partial charge in [0.25, 0.3) is 17.4 Å². The zero-order chi connectivity index (χ0) is 25.1. The minimum Gasteiger partial charge on any atom is -0.465 e. The molecule has 0 aliphatic rings. The summed E-state index contributed by atoms with van der Waals surface area (Å²) in [4.78, 5) is 55.7. The standard InChI is InChI=1S/C25H22N4O5S/c1-4-15-7-5-6-8-18(15)28-22(31)20-21(35-25-26-14(2)13-19(30)29(20)25)23(32)27-17-11-9-16(10-12-17)24(33)34-3/h5-13H,4H2,1-3H3,(H,27,32)(H,28,31). The number of rotatable bonds is 6. The maximum atomic E-state index is 13.4. The van der Waals surface area contributed by atoms with Gasteiger partial charge in [-0.1, -0.05) is 36.5 Å². The van der Waals surface area contributed by atoms with Gasteiger partial charge in [0.1, 0.15) is 10.6 Å². The normalized spacial score (nSPS) is 10.7. The van der Waals surface area contributed by atoms with Crippen molar-refractivity contribution in [2.75, 3.05) is 17.7 Å². The highest BCUT2D eigenvalue weighted by Crippen LogP contribution is 2.25. The van der Waals surface area contributed by atoms with Crippen molar-refractivity contribution in [2.45, 2.75) is 20.3 Å². The number of ether oxygens (including phenoxy) is 1. The molecule has 0 aliphatic heterocycles. The number of fused-ring (bicyclic) bond motifs is 1. The number of anilines is 2. The third kappa shape index (κ3) is 4.82. The Morgan fingerprint density at radius 2 is 1.74 bits per heavy atom. The van der Waals surface area contributed by atoms with E-state index < -0.39 is 23.3 Å². The number of aromatic nitrogens is 2. The van der Waals surface area contributed by atoms with Gasteiger partial charge in [0.2, 0.25) is 0 Å². The second kappa shape index (κ2) is 9.90. The molecule has 178 valence electrons. The summed E-state index contributed by atoms with van der Waals surface area (Å²) in [5.41, 5.74) is 2.16. The number of methoxy groups -OCH3 is 1. The predicted octanol–water partition coefficient (Wildman–Crippen LogP) is 3.92. The average molecular weight is 491 g/mol. The Balaban J connectivity index is 1.74. The van der Waals surface area contributed by atoms with Crippen LogP contribution in [0.2, 0.25) is 0 Å². The van der Waals surface area contributed by atoms with Gasteiger partial charge < -0.3 is 15.4 Å². The van der Waals surface area contributed by atoms with Gasteiger partial charge in [-0.05, 0) is 49.2 Å². The fraction of sp³-hybridized carbons (Fsp3) is 0.160. The second-order valence-electron chi connectivity index (χ2n) is 7.62. The third-order valence-corrected chi connectivity index (χ3v) is 6.32. The van der Waals surface area contributed by atoms with Crippen molar-refractivity contribution >= 4 is 45.5 Å². The number of carbonyl (C=O) groups is 3. The van der Waals surface area contributed by atoms with Gasteiger partial charge in [-0.15, -0.1) is 0 Å². The van der Waals surface area contributed by atoms with E-state index in [1.165, 1.54) is 25.3 Å². The van der Waals surface area contributed by atoms with Gasteiger partial charge in [0, 0.05) is 23.1 Å². The molecule has 4 aromatic rings. The molecule has 0 unspecified atom stereocenters. The van der Waals surface area contributed by atoms with Gasteiger partial charge in [-0.2, -0.15) is 0 Å². The smallest absolute Gasteiger partial charge is 0.337 e. The number of nitrogens with one attached hydrogen (secondary N) is 2. The van der Waals surface area contributed by atoms with Crippen LogP contribution < -0.4 is 16.2 Å². The number of esters is 1. The molecule has 0 spiro atoms. The highest BCUT2D eigenvalue weighted by Gasteiger charge is 2.26. The number of nitrogens with zero attached hydrogens (tertiary/aromatic N) is 2. The fourth-order valence-corrected chi connectivity index (χ4v) is 4.64. The van der Waals surface area contributed by atoms with E-state index in [1.807, 2.05) is 19.1 Å². The van der Waals surface area contributed by atoms with Crippen molar-refractivity contribution in [1.29, 1.82) is 0 Å². The lowest BCUT2D eigenvalue weighted by Gasteiger charge is -2.11. The number of aryl methyl sites for hydroxylation is 2. The highest BCUT2D eigenvalue weighted by atomic mass is 32.1. The monoisotopic (exact) mass is 490 g/mol. The number of para-hydroxylation sites is 1. The van der Waals surface area contributed by atoms with Crippen LogP contribution in [0.1, 0.15) is 48.7 Å². The summed E-state index contributed by atoms with van der Waals surface area (Å²) in [6.45, 7) is 3.63. The van der Waals surface area contributed by atoms with Crippen molar-refractivity contribution in [3.05, 3.63) is 92.3 Å². The van der Waals surface area contributed by atoms with Crippen molar-refractivity contribution in [2.24, 2.45) is 0 Å². The minimum absolute atomic E-state index is 0.0312. The topological polar surface area (TPSA) is 119 Å². The summed E-state index contributed by atoms with van der Waals surface area (Å²) in [6, 6.07) is 14.7. The number of hydrogen-bond acceptors (Lipinski definition) is 7. The average Bonchev–Trinajstić information content (AvgIpc) is 3.24. The molecule has 2 N–H and O–H groups in total. The lowest BCUT2D eigenvalue weighted by Crippen LogP contribution is -2.25. The van der Waals surface area contributed by atoms with Crippen LogP contribution >= 0.6 is 11.3 Å². The molecule has 0 aliphatic carbocycles. The first-order chi connectivity index (χ1) is 16.8. The van der Waals surface area contributed by atoms with Crippen molar-refractivity contribution in [3.8, 4) is 0 Å². The summed E-state index contributed by atoms with van der Waals surface area (Å²) < 4.78 is 5.83. The zero-order valence-electron chi connectivity index (χ0n) is 19.2. The van der Waals surface area contributed by atoms with Crippen LogP contribution in [0.4, 0.5) is 11.4 Å². The van der Waals surface area contributed by atoms with Crippen LogP contribution in [0.3, 0.4) is 0 Å².